The summed E-state index contributed by atoms with van der Waals surface area (Å²) in [7, 11) is 4.05. The number of halogens is 1. The number of anilines is 1. The summed E-state index contributed by atoms with van der Waals surface area (Å²) in [6.07, 6.45) is 7.61. The van der Waals surface area contributed by atoms with E-state index in [1.807, 2.05) is 31.1 Å². The maximum atomic E-state index is 15.3. The van der Waals surface area contributed by atoms with E-state index in [1.165, 1.54) is 6.07 Å². The van der Waals surface area contributed by atoms with E-state index in [0.717, 1.165) is 42.4 Å². The molecule has 2 fully saturated rings. The molecule has 1 saturated carbocycles. The van der Waals surface area contributed by atoms with Crippen molar-refractivity contribution in [2.75, 3.05) is 45.4 Å². The van der Waals surface area contributed by atoms with Crippen molar-refractivity contribution in [1.82, 2.24) is 14.9 Å². The molecule has 1 aromatic carbocycles. The highest BCUT2D eigenvalue weighted by molar-refractivity contribution is 6.13. The number of benzene rings is 1. The molecule has 0 radical (unpaired) electrons. The summed E-state index contributed by atoms with van der Waals surface area (Å²) < 4.78 is 26.7. The molecule has 0 unspecified atom stereocenters. The van der Waals surface area contributed by atoms with E-state index < -0.39 is 5.41 Å². The Kier molecular flexibility index (Phi) is 5.88. The van der Waals surface area contributed by atoms with Crippen LogP contribution in [0.5, 0.6) is 5.88 Å². The van der Waals surface area contributed by atoms with Gasteiger partial charge in [-0.2, -0.15) is 0 Å². The molecule has 4 heterocycles. The molecule has 8 heteroatoms. The Balaban J connectivity index is 1.39. The lowest BCUT2D eigenvalue weighted by molar-refractivity contribution is -0.126. The van der Waals surface area contributed by atoms with Crippen LogP contribution in [0, 0.1) is 5.82 Å². The standard InChI is InChI=1S/C28H31FN4O3/c1-32(2)10-3-11-36-25-7-4-18(16-31-25)20-14-21-23(15-22(20)29)30-17-24-26(21)28(8-12-35-13-9-28)27(34)33(24)19-5-6-19/h4,7,14-17,19H,3,5-6,8-13H2,1-2H3. The highest BCUT2D eigenvalue weighted by Crippen LogP contribution is 2.53. The number of ether oxygens (including phenoxy) is 2. The molecule has 2 aromatic heterocycles. The van der Waals surface area contributed by atoms with Gasteiger partial charge in [-0.05, 0) is 58.3 Å². The third kappa shape index (κ3) is 3.92. The number of aromatic nitrogens is 2. The van der Waals surface area contributed by atoms with Crippen LogP contribution >= 0.6 is 0 Å². The fraction of sp³-hybridized carbons (Fsp3) is 0.464. The molecular weight excluding hydrogens is 459 g/mol. The van der Waals surface area contributed by atoms with E-state index in [1.54, 1.807) is 18.5 Å². The lowest BCUT2D eigenvalue weighted by atomic mass is 9.74. The normalized spacial score (nSPS) is 18.9. The molecule has 1 spiro atoms. The molecule has 0 N–H and O–H groups in total. The highest BCUT2D eigenvalue weighted by atomic mass is 19.1. The van der Waals surface area contributed by atoms with Gasteiger partial charge in [0.15, 0.2) is 0 Å². The molecule has 3 aliphatic rings. The molecule has 7 nitrogen and oxygen atoms in total. The number of rotatable bonds is 7. The van der Waals surface area contributed by atoms with Gasteiger partial charge in [0.2, 0.25) is 11.8 Å². The van der Waals surface area contributed by atoms with Crippen molar-refractivity contribution in [3.63, 3.8) is 0 Å². The van der Waals surface area contributed by atoms with Crippen molar-refractivity contribution in [3.8, 4) is 17.0 Å². The van der Waals surface area contributed by atoms with Gasteiger partial charge in [-0.3, -0.25) is 9.78 Å². The lowest BCUT2D eigenvalue weighted by Crippen LogP contribution is -2.44. The van der Waals surface area contributed by atoms with Gasteiger partial charge in [0.25, 0.3) is 0 Å². The van der Waals surface area contributed by atoms with Crippen LogP contribution in [-0.2, 0) is 14.9 Å². The fourth-order valence-corrected chi connectivity index (χ4v) is 5.62. The van der Waals surface area contributed by atoms with Crippen molar-refractivity contribution in [3.05, 3.63) is 48.0 Å². The zero-order valence-corrected chi connectivity index (χ0v) is 20.8. The van der Waals surface area contributed by atoms with Gasteiger partial charge >= 0.3 is 0 Å². The first-order valence-electron chi connectivity index (χ1n) is 12.8. The Hall–Kier alpha value is -3.10. The largest absolute Gasteiger partial charge is 0.478 e. The van der Waals surface area contributed by atoms with Crippen LogP contribution in [0.4, 0.5) is 10.1 Å². The Labute approximate surface area is 210 Å². The minimum absolute atomic E-state index is 0.154. The van der Waals surface area contributed by atoms with Crippen LogP contribution in [0.3, 0.4) is 0 Å². The van der Waals surface area contributed by atoms with Gasteiger partial charge in [-0.1, -0.05) is 0 Å². The Morgan fingerprint density at radius 1 is 1.17 bits per heavy atom. The minimum Gasteiger partial charge on any atom is -0.478 e. The summed E-state index contributed by atoms with van der Waals surface area (Å²) >= 11 is 0. The van der Waals surface area contributed by atoms with Gasteiger partial charge in [-0.15, -0.1) is 0 Å². The van der Waals surface area contributed by atoms with E-state index in [0.29, 0.717) is 55.2 Å². The number of amides is 1. The third-order valence-electron chi connectivity index (χ3n) is 7.61. The topological polar surface area (TPSA) is 67.8 Å². The smallest absolute Gasteiger partial charge is 0.238 e. The number of nitrogens with zero attached hydrogens (tertiary/aromatic N) is 4. The summed E-state index contributed by atoms with van der Waals surface area (Å²) in [5.74, 6) is 0.315. The zero-order chi connectivity index (χ0) is 24.9. The SMILES string of the molecule is CN(C)CCCOc1ccc(-c2cc3c4c(cnc3cc2F)N(C2CC2)C(=O)C42CCOCC2)cn1. The zero-order valence-electron chi connectivity index (χ0n) is 20.8. The molecule has 3 aromatic rings. The lowest BCUT2D eigenvalue weighted by Gasteiger charge is -2.33. The Morgan fingerprint density at radius 3 is 2.67 bits per heavy atom. The van der Waals surface area contributed by atoms with E-state index in [9.17, 15) is 4.79 Å². The van der Waals surface area contributed by atoms with Gasteiger partial charge in [0.1, 0.15) is 5.82 Å². The van der Waals surface area contributed by atoms with Crippen molar-refractivity contribution >= 4 is 22.5 Å². The van der Waals surface area contributed by atoms with Crippen molar-refractivity contribution in [1.29, 1.82) is 0 Å². The van der Waals surface area contributed by atoms with E-state index in [4.69, 9.17) is 9.47 Å². The number of fused-ring (bicyclic) bond motifs is 4. The summed E-state index contributed by atoms with van der Waals surface area (Å²) in [5.41, 5.74) is 2.92. The second-order valence-electron chi connectivity index (χ2n) is 10.4. The molecular formula is C28H31FN4O3. The second-order valence-corrected chi connectivity index (χ2v) is 10.4. The van der Waals surface area contributed by atoms with Crippen LogP contribution in [0.15, 0.2) is 36.7 Å². The van der Waals surface area contributed by atoms with Crippen LogP contribution < -0.4 is 9.64 Å². The quantitative estimate of drug-likeness (QED) is 0.460. The number of pyridine rings is 2. The molecule has 36 heavy (non-hydrogen) atoms. The number of carbonyl (C=O) groups excluding carboxylic acids is 1. The Bertz CT molecular complexity index is 1300. The van der Waals surface area contributed by atoms with Crippen LogP contribution in [0.1, 0.15) is 37.7 Å². The summed E-state index contributed by atoms with van der Waals surface area (Å²) in [4.78, 5) is 26.9. The maximum Gasteiger partial charge on any atom is 0.238 e. The molecule has 1 aliphatic carbocycles. The first-order chi connectivity index (χ1) is 17.5. The van der Waals surface area contributed by atoms with Crippen LogP contribution in [-0.4, -0.2) is 67.3 Å². The van der Waals surface area contributed by atoms with E-state index in [2.05, 4.69) is 14.9 Å². The van der Waals surface area contributed by atoms with Gasteiger partial charge in [0.05, 0.1) is 29.4 Å². The second kappa shape index (κ2) is 9.09. The van der Waals surface area contributed by atoms with Gasteiger partial charge < -0.3 is 19.3 Å². The van der Waals surface area contributed by atoms with Crippen LogP contribution in [0.2, 0.25) is 0 Å². The predicted octanol–water partition coefficient (Wildman–Crippen LogP) is 4.32. The van der Waals surface area contributed by atoms with Crippen LogP contribution in [0.25, 0.3) is 22.0 Å². The van der Waals surface area contributed by atoms with Crippen molar-refractivity contribution in [2.24, 2.45) is 0 Å². The third-order valence-corrected chi connectivity index (χ3v) is 7.61. The van der Waals surface area contributed by atoms with Gasteiger partial charge in [0, 0.05) is 66.2 Å². The molecule has 1 saturated heterocycles. The van der Waals surface area contributed by atoms with Gasteiger partial charge in [-0.25, -0.2) is 9.37 Å². The summed E-state index contributed by atoms with van der Waals surface area (Å²) in [6.45, 7) is 2.60. The monoisotopic (exact) mass is 490 g/mol. The number of carbonyl (C=O) groups is 1. The average molecular weight is 491 g/mol. The fourth-order valence-electron chi connectivity index (χ4n) is 5.62. The first kappa shape index (κ1) is 23.3. The van der Waals surface area contributed by atoms with Crippen molar-refractivity contribution in [2.45, 2.75) is 43.6 Å². The molecule has 0 atom stereocenters. The van der Waals surface area contributed by atoms with E-state index >= 15 is 4.39 Å². The van der Waals surface area contributed by atoms with Crippen molar-refractivity contribution < 1.29 is 18.7 Å². The molecule has 188 valence electrons. The number of hydrogen-bond acceptors (Lipinski definition) is 6. The molecule has 0 bridgehead atoms. The minimum atomic E-state index is -0.630. The average Bonchev–Trinajstić information content (AvgIpc) is 3.69. The number of hydrogen-bond donors (Lipinski definition) is 0. The summed E-state index contributed by atoms with van der Waals surface area (Å²) in [5, 5.41) is 0.839. The van der Waals surface area contributed by atoms with E-state index in [-0.39, 0.29) is 17.8 Å². The Morgan fingerprint density at radius 2 is 1.97 bits per heavy atom. The molecule has 6 rings (SSSR count). The molecule has 2 aliphatic heterocycles. The first-order valence-corrected chi connectivity index (χ1v) is 12.8. The molecule has 1 amide bonds. The summed E-state index contributed by atoms with van der Waals surface area (Å²) in [6, 6.07) is 7.19. The predicted molar refractivity (Wildman–Crippen MR) is 136 cm³/mol. The highest BCUT2D eigenvalue weighted by Gasteiger charge is 2.55. The maximum absolute atomic E-state index is 15.3.